The summed E-state index contributed by atoms with van der Waals surface area (Å²) in [6.45, 7) is 0.495. The van der Waals surface area contributed by atoms with Crippen molar-refractivity contribution in [1.29, 1.82) is 0 Å². The maximum atomic E-state index is 13.6. The molecule has 188 valence electrons. The molecule has 0 N–H and O–H groups in total. The van der Waals surface area contributed by atoms with Gasteiger partial charge in [-0.25, -0.2) is 4.39 Å². The van der Waals surface area contributed by atoms with E-state index in [9.17, 15) is 61.9 Å². The topological polar surface area (TPSA) is 38.8 Å². The molecule has 0 bridgehead atoms. The first-order valence-corrected chi connectivity index (χ1v) is 8.32. The molecule has 0 saturated heterocycles. The van der Waals surface area contributed by atoms with Crippen molar-refractivity contribution < 1.29 is 71.3 Å². The molecule has 0 saturated carbocycles. The number of ether oxygens (including phenoxy) is 2. The van der Waals surface area contributed by atoms with Crippen LogP contribution in [0.2, 0.25) is 0 Å². The van der Waals surface area contributed by atoms with E-state index in [1.165, 1.54) is 0 Å². The molecule has 2 rings (SSSR count). The molecule has 1 aromatic carbocycles. The maximum Gasteiger partial charge on any atom is 0.423 e. The zero-order valence-electron chi connectivity index (χ0n) is 15.6. The molecule has 33 heavy (non-hydrogen) atoms. The van der Waals surface area contributed by atoms with E-state index in [0.29, 0.717) is 25.1 Å². The fourth-order valence-electron chi connectivity index (χ4n) is 2.98. The number of hydrogen-bond donors (Lipinski definition) is 0. The Hall–Kier alpha value is -2.30. The fourth-order valence-corrected chi connectivity index (χ4v) is 2.98. The lowest BCUT2D eigenvalue weighted by Gasteiger charge is -2.34. The zero-order valence-corrected chi connectivity index (χ0v) is 15.6. The lowest BCUT2D eigenvalue weighted by Crippen LogP contribution is -2.53. The van der Waals surface area contributed by atoms with E-state index < -0.39 is 72.2 Å². The largest absolute Gasteiger partial charge is 0.423 e. The van der Waals surface area contributed by atoms with Crippen LogP contribution in [0.1, 0.15) is 18.6 Å². The number of anilines is 1. The third kappa shape index (κ3) is 5.80. The number of carbonyl (C=O) groups is 1. The van der Waals surface area contributed by atoms with Crippen LogP contribution in [-0.2, 0) is 14.3 Å². The van der Waals surface area contributed by atoms with Gasteiger partial charge in [0.2, 0.25) is 12.0 Å². The number of carbonyl (C=O) groups excluding carboxylic acids is 1. The zero-order chi connectivity index (χ0) is 25.7. The molecule has 1 aliphatic heterocycles. The summed E-state index contributed by atoms with van der Waals surface area (Å²) in [6, 6.07) is 1.16. The molecule has 0 fully saturated rings. The van der Waals surface area contributed by atoms with Gasteiger partial charge in [-0.2, -0.15) is 52.7 Å². The molecule has 17 heteroatoms. The first-order valence-electron chi connectivity index (χ1n) is 8.32. The van der Waals surface area contributed by atoms with Gasteiger partial charge >= 0.3 is 24.7 Å². The summed E-state index contributed by atoms with van der Waals surface area (Å²) in [7, 11) is 0. The summed E-state index contributed by atoms with van der Waals surface area (Å²) >= 11 is 0. The average Bonchev–Trinajstić information content (AvgIpc) is 2.85. The highest BCUT2D eigenvalue weighted by molar-refractivity contribution is 5.94. The maximum absolute atomic E-state index is 13.6. The predicted molar refractivity (Wildman–Crippen MR) is 80.1 cm³/mol. The van der Waals surface area contributed by atoms with Crippen molar-refractivity contribution in [3.05, 3.63) is 29.6 Å². The van der Waals surface area contributed by atoms with Gasteiger partial charge in [0.25, 0.3) is 6.10 Å². The Bertz CT molecular complexity index is 846. The van der Waals surface area contributed by atoms with E-state index in [0.717, 1.165) is 0 Å². The number of nitrogens with zero attached hydrogens (tertiary/aromatic N) is 1. The highest BCUT2D eigenvalue weighted by Crippen LogP contribution is 2.49. The fraction of sp³-hybridized carbons (Fsp3) is 0.562. The number of fused-ring (bicyclic) bond motifs is 1. The Balaban J connectivity index is 2.68. The van der Waals surface area contributed by atoms with E-state index in [1.807, 2.05) is 0 Å². The molecular formula is C16H10F13NO3. The molecule has 1 aliphatic rings. The van der Waals surface area contributed by atoms with Crippen LogP contribution >= 0.6 is 0 Å². The lowest BCUT2D eigenvalue weighted by atomic mass is 10.1. The van der Waals surface area contributed by atoms with Gasteiger partial charge in [0.05, 0.1) is 5.69 Å². The summed E-state index contributed by atoms with van der Waals surface area (Å²) in [6.07, 6.45) is -40.5. The van der Waals surface area contributed by atoms with Crippen LogP contribution in [0, 0.1) is 5.82 Å². The monoisotopic (exact) mass is 511 g/mol. The molecule has 1 aromatic rings. The van der Waals surface area contributed by atoms with E-state index in [2.05, 4.69) is 9.47 Å². The van der Waals surface area contributed by atoms with Crippen molar-refractivity contribution in [2.45, 2.75) is 56.2 Å². The number of halogens is 13. The Morgan fingerprint density at radius 1 is 0.818 bits per heavy atom. The van der Waals surface area contributed by atoms with Crippen molar-refractivity contribution in [2.24, 2.45) is 0 Å². The van der Waals surface area contributed by atoms with E-state index >= 15 is 0 Å². The van der Waals surface area contributed by atoms with Crippen molar-refractivity contribution in [3.63, 3.8) is 0 Å². The smallest absolute Gasteiger partial charge is 0.348 e. The van der Waals surface area contributed by atoms with Gasteiger partial charge in [-0.05, 0) is 12.1 Å². The van der Waals surface area contributed by atoms with Gasteiger partial charge < -0.3 is 9.47 Å². The Morgan fingerprint density at radius 2 is 1.24 bits per heavy atom. The lowest BCUT2D eigenvalue weighted by molar-refractivity contribution is -0.356. The predicted octanol–water partition coefficient (Wildman–Crippen LogP) is 5.58. The van der Waals surface area contributed by atoms with Gasteiger partial charge in [0.15, 0.2) is 6.23 Å². The van der Waals surface area contributed by atoms with E-state index in [-0.39, 0.29) is 4.90 Å². The first-order chi connectivity index (χ1) is 14.7. The second-order valence-corrected chi connectivity index (χ2v) is 6.60. The Morgan fingerprint density at radius 3 is 1.64 bits per heavy atom. The van der Waals surface area contributed by atoms with Crippen molar-refractivity contribution in [2.75, 3.05) is 4.90 Å². The quantitative estimate of drug-likeness (QED) is 0.496. The van der Waals surface area contributed by atoms with Crippen LogP contribution in [0.25, 0.3) is 0 Å². The molecule has 2 unspecified atom stereocenters. The molecule has 0 aliphatic carbocycles. The molecule has 0 radical (unpaired) electrons. The molecule has 1 heterocycles. The van der Waals surface area contributed by atoms with Crippen LogP contribution in [0.15, 0.2) is 18.2 Å². The number of benzene rings is 1. The van der Waals surface area contributed by atoms with Crippen LogP contribution < -0.4 is 4.90 Å². The normalized spacial score (nSPS) is 20.1. The first kappa shape index (κ1) is 26.9. The van der Waals surface area contributed by atoms with E-state index in [4.69, 9.17) is 0 Å². The molecule has 0 spiro atoms. The third-order valence-corrected chi connectivity index (χ3v) is 4.16. The Labute approximate surface area is 174 Å². The average molecular weight is 511 g/mol. The van der Waals surface area contributed by atoms with Gasteiger partial charge in [0.1, 0.15) is 11.9 Å². The summed E-state index contributed by atoms with van der Waals surface area (Å²) in [5, 5.41) is 0. The molecule has 4 nitrogen and oxygen atoms in total. The summed E-state index contributed by atoms with van der Waals surface area (Å²) in [5.74, 6) is -2.76. The van der Waals surface area contributed by atoms with Gasteiger partial charge in [0, 0.05) is 12.5 Å². The standard InChI is InChI=1S/C16H10F13NO3/c1-5(31)30-8-4-6(17)2-3-7(8)9(32-11(13(18,19)20)14(21,22)23)10(30)33-12(15(24,25)26)16(27,28)29/h2-4,9-12H,1H3. The summed E-state index contributed by atoms with van der Waals surface area (Å²) in [5.41, 5.74) is -1.89. The summed E-state index contributed by atoms with van der Waals surface area (Å²) < 4.78 is 177. The molecular weight excluding hydrogens is 501 g/mol. The second kappa shape index (κ2) is 8.48. The van der Waals surface area contributed by atoms with Gasteiger partial charge in [-0.3, -0.25) is 9.69 Å². The highest BCUT2D eigenvalue weighted by Gasteiger charge is 2.63. The number of hydrogen-bond acceptors (Lipinski definition) is 3. The second-order valence-electron chi connectivity index (χ2n) is 6.60. The van der Waals surface area contributed by atoms with Crippen LogP contribution in [0.4, 0.5) is 62.8 Å². The molecule has 1 amide bonds. The van der Waals surface area contributed by atoms with Crippen molar-refractivity contribution in [3.8, 4) is 0 Å². The number of rotatable bonds is 4. The minimum Gasteiger partial charge on any atom is -0.348 e. The summed E-state index contributed by atoms with van der Waals surface area (Å²) in [4.78, 5) is 11.7. The molecule has 2 atom stereocenters. The SMILES string of the molecule is CC(=O)N1c2cc(F)ccc2C(OC(C(F)(F)F)C(F)(F)F)C1OC(C(F)(F)F)C(F)(F)F. The van der Waals surface area contributed by atoms with Gasteiger partial charge in [-0.15, -0.1) is 0 Å². The van der Waals surface area contributed by atoms with Crippen LogP contribution in [0.3, 0.4) is 0 Å². The highest BCUT2D eigenvalue weighted by atomic mass is 19.4. The minimum absolute atomic E-state index is 0.155. The minimum atomic E-state index is -6.25. The number of amides is 1. The van der Waals surface area contributed by atoms with Crippen LogP contribution in [-0.4, -0.2) is 49.0 Å². The van der Waals surface area contributed by atoms with Gasteiger partial charge in [-0.1, -0.05) is 6.07 Å². The third-order valence-electron chi connectivity index (χ3n) is 4.16. The number of alkyl halides is 12. The van der Waals surface area contributed by atoms with E-state index in [1.54, 1.807) is 0 Å². The van der Waals surface area contributed by atoms with Crippen molar-refractivity contribution in [1.82, 2.24) is 0 Å². The molecule has 0 aromatic heterocycles. The van der Waals surface area contributed by atoms with Crippen molar-refractivity contribution >= 4 is 11.6 Å². The van der Waals surface area contributed by atoms with Crippen LogP contribution in [0.5, 0.6) is 0 Å². The Kier molecular flexibility index (Phi) is 6.93.